The summed E-state index contributed by atoms with van der Waals surface area (Å²) >= 11 is 0. The van der Waals surface area contributed by atoms with Crippen LogP contribution in [0.15, 0.2) is 24.5 Å². The van der Waals surface area contributed by atoms with Crippen LogP contribution in [0.4, 0.5) is 5.69 Å². The van der Waals surface area contributed by atoms with Crippen molar-refractivity contribution < 1.29 is 9.90 Å². The van der Waals surface area contributed by atoms with Gasteiger partial charge in [-0.1, -0.05) is 0 Å². The van der Waals surface area contributed by atoms with Crippen LogP contribution in [-0.2, 0) is 12.8 Å². The van der Waals surface area contributed by atoms with Gasteiger partial charge in [0.25, 0.3) is 0 Å². The van der Waals surface area contributed by atoms with E-state index in [1.165, 1.54) is 6.07 Å². The van der Waals surface area contributed by atoms with E-state index < -0.39 is 5.97 Å². The normalized spacial score (nSPS) is 14.1. The van der Waals surface area contributed by atoms with Gasteiger partial charge in [-0.25, -0.2) is 9.78 Å². The lowest BCUT2D eigenvalue weighted by Gasteiger charge is -2.15. The number of nitrogens with two attached hydrogens (primary N) is 1. The Morgan fingerprint density at radius 1 is 1.32 bits per heavy atom. The van der Waals surface area contributed by atoms with Gasteiger partial charge in [0.05, 0.1) is 23.3 Å². The Morgan fingerprint density at radius 2 is 2.11 bits per heavy atom. The van der Waals surface area contributed by atoms with Crippen molar-refractivity contribution in [3.05, 3.63) is 41.5 Å². The Balaban J connectivity index is 2.17. The Kier molecular flexibility index (Phi) is 2.74. The average Bonchev–Trinajstić information content (AvgIpc) is 2.82. The maximum absolute atomic E-state index is 11.3. The SMILES string of the molecule is Nc1ccc(-n2cnc3c2CCCC3)c(C(=O)O)c1. The zero-order chi connectivity index (χ0) is 13.4. The highest BCUT2D eigenvalue weighted by atomic mass is 16.4. The predicted octanol–water partition coefficient (Wildman–Crippen LogP) is 2.03. The summed E-state index contributed by atoms with van der Waals surface area (Å²) in [6.45, 7) is 0. The molecule has 1 aromatic carbocycles. The molecule has 0 bridgehead atoms. The standard InChI is InChI=1S/C14H15N3O2/c15-9-5-6-12(10(7-9)14(18)19)17-8-16-11-3-1-2-4-13(11)17/h5-8H,1-4,15H2,(H,18,19). The Bertz CT molecular complexity index is 646. The molecule has 1 aliphatic rings. The monoisotopic (exact) mass is 257 g/mol. The molecule has 0 spiro atoms. The smallest absolute Gasteiger partial charge is 0.337 e. The first-order chi connectivity index (χ1) is 9.16. The van der Waals surface area contributed by atoms with E-state index in [0.29, 0.717) is 11.4 Å². The van der Waals surface area contributed by atoms with Crippen molar-refractivity contribution in [2.24, 2.45) is 0 Å². The first-order valence-corrected chi connectivity index (χ1v) is 6.35. The quantitative estimate of drug-likeness (QED) is 0.806. The Labute approximate surface area is 110 Å². The number of aromatic carboxylic acids is 1. The van der Waals surface area contributed by atoms with Gasteiger partial charge in [-0.05, 0) is 43.9 Å². The van der Waals surface area contributed by atoms with Crippen molar-refractivity contribution in [2.75, 3.05) is 5.73 Å². The number of benzene rings is 1. The highest BCUT2D eigenvalue weighted by molar-refractivity contribution is 5.93. The van der Waals surface area contributed by atoms with Gasteiger partial charge in [0, 0.05) is 11.4 Å². The molecule has 1 heterocycles. The molecular formula is C14H15N3O2. The van der Waals surface area contributed by atoms with Gasteiger partial charge in [0.2, 0.25) is 0 Å². The number of fused-ring (bicyclic) bond motifs is 1. The number of imidazole rings is 1. The third-order valence-corrected chi connectivity index (χ3v) is 3.54. The molecule has 98 valence electrons. The third kappa shape index (κ3) is 1.97. The van der Waals surface area contributed by atoms with Gasteiger partial charge in [0.15, 0.2) is 0 Å². The van der Waals surface area contributed by atoms with Crippen LogP contribution in [-0.4, -0.2) is 20.6 Å². The summed E-state index contributed by atoms with van der Waals surface area (Å²) in [4.78, 5) is 15.7. The van der Waals surface area contributed by atoms with Crippen molar-refractivity contribution in [3.8, 4) is 5.69 Å². The van der Waals surface area contributed by atoms with Crippen LogP contribution >= 0.6 is 0 Å². The van der Waals surface area contributed by atoms with E-state index >= 15 is 0 Å². The Morgan fingerprint density at radius 3 is 2.89 bits per heavy atom. The number of nitrogens with zero attached hydrogens (tertiary/aromatic N) is 2. The number of hydrogen-bond acceptors (Lipinski definition) is 3. The molecule has 19 heavy (non-hydrogen) atoms. The van der Waals surface area contributed by atoms with Crippen LogP contribution in [0.1, 0.15) is 34.6 Å². The van der Waals surface area contributed by atoms with Crippen LogP contribution in [0.5, 0.6) is 0 Å². The molecule has 1 aliphatic carbocycles. The topological polar surface area (TPSA) is 81.1 Å². The van der Waals surface area contributed by atoms with Gasteiger partial charge < -0.3 is 15.4 Å². The maximum Gasteiger partial charge on any atom is 0.337 e. The van der Waals surface area contributed by atoms with Crippen molar-refractivity contribution in [3.63, 3.8) is 0 Å². The number of rotatable bonds is 2. The number of hydrogen-bond donors (Lipinski definition) is 2. The number of nitrogen functional groups attached to an aromatic ring is 1. The number of anilines is 1. The minimum atomic E-state index is -0.972. The minimum absolute atomic E-state index is 0.214. The third-order valence-electron chi connectivity index (χ3n) is 3.54. The molecule has 3 N–H and O–H groups in total. The van der Waals surface area contributed by atoms with Gasteiger partial charge in [0.1, 0.15) is 0 Å². The molecule has 0 fully saturated rings. The maximum atomic E-state index is 11.3. The molecule has 0 unspecified atom stereocenters. The second kappa shape index (κ2) is 4.42. The summed E-state index contributed by atoms with van der Waals surface area (Å²) in [6.07, 6.45) is 5.90. The van der Waals surface area contributed by atoms with E-state index in [4.69, 9.17) is 5.73 Å². The van der Waals surface area contributed by atoms with Crippen LogP contribution in [0.3, 0.4) is 0 Å². The van der Waals surface area contributed by atoms with E-state index in [0.717, 1.165) is 37.1 Å². The van der Waals surface area contributed by atoms with Crippen LogP contribution in [0.25, 0.3) is 5.69 Å². The Hall–Kier alpha value is -2.30. The highest BCUT2D eigenvalue weighted by Crippen LogP contribution is 2.26. The second-order valence-electron chi connectivity index (χ2n) is 4.80. The summed E-state index contributed by atoms with van der Waals surface area (Å²) in [6, 6.07) is 4.96. The van der Waals surface area contributed by atoms with Crippen molar-refractivity contribution in [1.29, 1.82) is 0 Å². The fourth-order valence-electron chi connectivity index (χ4n) is 2.61. The molecule has 2 aromatic rings. The van der Waals surface area contributed by atoms with Crippen LogP contribution < -0.4 is 5.73 Å². The molecule has 0 amide bonds. The largest absolute Gasteiger partial charge is 0.478 e. The lowest BCUT2D eigenvalue weighted by Crippen LogP contribution is -2.11. The zero-order valence-corrected chi connectivity index (χ0v) is 10.5. The minimum Gasteiger partial charge on any atom is -0.478 e. The molecule has 0 saturated carbocycles. The number of aromatic nitrogens is 2. The van der Waals surface area contributed by atoms with E-state index in [2.05, 4.69) is 4.98 Å². The molecule has 5 heteroatoms. The fourth-order valence-corrected chi connectivity index (χ4v) is 2.61. The summed E-state index contributed by atoms with van der Waals surface area (Å²) in [5, 5.41) is 9.30. The summed E-state index contributed by atoms with van der Waals surface area (Å²) < 4.78 is 1.89. The summed E-state index contributed by atoms with van der Waals surface area (Å²) in [7, 11) is 0. The van der Waals surface area contributed by atoms with Crippen molar-refractivity contribution >= 4 is 11.7 Å². The van der Waals surface area contributed by atoms with E-state index in [1.807, 2.05) is 4.57 Å². The van der Waals surface area contributed by atoms with E-state index in [1.54, 1.807) is 18.5 Å². The lowest BCUT2D eigenvalue weighted by molar-refractivity contribution is 0.0697. The molecule has 3 rings (SSSR count). The lowest BCUT2D eigenvalue weighted by atomic mass is 10.0. The zero-order valence-electron chi connectivity index (χ0n) is 10.5. The predicted molar refractivity (Wildman–Crippen MR) is 71.6 cm³/mol. The first kappa shape index (κ1) is 11.8. The number of aryl methyl sites for hydroxylation is 1. The fraction of sp³-hybridized carbons (Fsp3) is 0.286. The van der Waals surface area contributed by atoms with Crippen molar-refractivity contribution in [1.82, 2.24) is 9.55 Å². The highest BCUT2D eigenvalue weighted by Gasteiger charge is 2.19. The van der Waals surface area contributed by atoms with E-state index in [9.17, 15) is 9.90 Å². The molecule has 0 radical (unpaired) electrons. The second-order valence-corrected chi connectivity index (χ2v) is 4.80. The van der Waals surface area contributed by atoms with Gasteiger partial charge in [-0.15, -0.1) is 0 Å². The molecule has 0 atom stereocenters. The summed E-state index contributed by atoms with van der Waals surface area (Å²) in [5.74, 6) is -0.972. The average molecular weight is 257 g/mol. The van der Waals surface area contributed by atoms with Crippen LogP contribution in [0, 0.1) is 0 Å². The van der Waals surface area contributed by atoms with Crippen molar-refractivity contribution in [2.45, 2.75) is 25.7 Å². The first-order valence-electron chi connectivity index (χ1n) is 6.35. The molecule has 0 saturated heterocycles. The van der Waals surface area contributed by atoms with Crippen LogP contribution in [0.2, 0.25) is 0 Å². The molecular weight excluding hydrogens is 242 g/mol. The van der Waals surface area contributed by atoms with E-state index in [-0.39, 0.29) is 5.56 Å². The van der Waals surface area contributed by atoms with Gasteiger partial charge >= 0.3 is 5.97 Å². The van der Waals surface area contributed by atoms with Gasteiger partial charge in [-0.3, -0.25) is 0 Å². The molecule has 0 aliphatic heterocycles. The molecule has 5 nitrogen and oxygen atoms in total. The number of carboxylic acid groups (broad SMARTS) is 1. The van der Waals surface area contributed by atoms with Gasteiger partial charge in [-0.2, -0.15) is 0 Å². The number of carboxylic acids is 1. The number of carbonyl (C=O) groups is 1. The molecule has 1 aromatic heterocycles. The summed E-state index contributed by atoms with van der Waals surface area (Å²) in [5.41, 5.74) is 9.18.